The van der Waals surface area contributed by atoms with Gasteiger partial charge in [0.15, 0.2) is 0 Å². The van der Waals surface area contributed by atoms with E-state index in [1.165, 1.54) is 43.6 Å². The van der Waals surface area contributed by atoms with Crippen molar-refractivity contribution in [2.75, 3.05) is 18.0 Å². The van der Waals surface area contributed by atoms with Crippen LogP contribution in [-0.4, -0.2) is 13.1 Å². The van der Waals surface area contributed by atoms with Crippen molar-refractivity contribution >= 4 is 5.69 Å². The van der Waals surface area contributed by atoms with Crippen molar-refractivity contribution in [3.8, 4) is 0 Å². The number of rotatable bonds is 2. The van der Waals surface area contributed by atoms with Crippen LogP contribution in [0.5, 0.6) is 0 Å². The third-order valence-corrected chi connectivity index (χ3v) is 2.70. The van der Waals surface area contributed by atoms with Gasteiger partial charge in [-0.05, 0) is 30.9 Å². The van der Waals surface area contributed by atoms with Gasteiger partial charge in [0.1, 0.15) is 0 Å². The number of para-hydroxylation sites is 1. The summed E-state index contributed by atoms with van der Waals surface area (Å²) in [5.74, 6) is 0. The van der Waals surface area contributed by atoms with E-state index in [4.69, 9.17) is 0 Å². The van der Waals surface area contributed by atoms with E-state index in [0.29, 0.717) is 0 Å². The maximum absolute atomic E-state index is 2.51. The maximum atomic E-state index is 2.51. The molecule has 2 rings (SSSR count). The van der Waals surface area contributed by atoms with Crippen LogP contribution in [0.2, 0.25) is 0 Å². The first-order valence-corrected chi connectivity index (χ1v) is 5.24. The fraction of sp³-hybridized carbons (Fsp3) is 0.500. The molecule has 0 aliphatic carbocycles. The molecule has 0 radical (unpaired) electrons. The van der Waals surface area contributed by atoms with Gasteiger partial charge >= 0.3 is 0 Å². The second-order valence-electron chi connectivity index (χ2n) is 3.72. The molecule has 0 aromatic heterocycles. The van der Waals surface area contributed by atoms with Crippen molar-refractivity contribution in [3.63, 3.8) is 0 Å². The third kappa shape index (κ3) is 2.21. The van der Waals surface area contributed by atoms with Crippen molar-refractivity contribution in [2.45, 2.75) is 26.2 Å². The Bertz CT molecular complexity index is 285. The Labute approximate surface area is 92.5 Å². The number of aryl methyl sites for hydroxylation is 1. The van der Waals surface area contributed by atoms with Crippen LogP contribution >= 0.6 is 0 Å². The van der Waals surface area contributed by atoms with E-state index < -0.39 is 0 Å². The van der Waals surface area contributed by atoms with Gasteiger partial charge < -0.3 is 17.3 Å². The number of nitrogens with zero attached hydrogens (tertiary/aromatic N) is 1. The highest BCUT2D eigenvalue weighted by molar-refractivity contribution is 5.55. The maximum Gasteiger partial charge on any atom is 0.0398 e. The molecule has 1 aliphatic heterocycles. The second-order valence-corrected chi connectivity index (χ2v) is 3.72. The molecule has 2 heteroatoms. The van der Waals surface area contributed by atoms with Gasteiger partial charge in [-0.2, -0.15) is 0 Å². The molecule has 0 fully saturated rings. The normalized spacial score (nSPS) is 14.5. The average Bonchev–Trinajstić information content (AvgIpc) is 2.19. The molecule has 0 saturated carbocycles. The minimum Gasteiger partial charge on any atom is -1.00 e. The Morgan fingerprint density at radius 3 is 2.86 bits per heavy atom. The van der Waals surface area contributed by atoms with Crippen LogP contribution in [0.15, 0.2) is 24.3 Å². The average molecular weight is 211 g/mol. The first-order valence-electron chi connectivity index (χ1n) is 5.24. The van der Waals surface area contributed by atoms with E-state index in [0.717, 1.165) is 0 Å². The van der Waals surface area contributed by atoms with Crippen molar-refractivity contribution in [2.24, 2.45) is 0 Å². The quantitative estimate of drug-likeness (QED) is 0.657. The lowest BCUT2D eigenvalue weighted by atomic mass is 10.0. The van der Waals surface area contributed by atoms with Gasteiger partial charge in [-0.25, -0.2) is 0 Å². The van der Waals surface area contributed by atoms with E-state index in [1.807, 2.05) is 0 Å². The van der Waals surface area contributed by atoms with Crippen molar-refractivity contribution in [3.05, 3.63) is 29.8 Å². The Hall–Kier alpha value is -0.690. The van der Waals surface area contributed by atoms with Crippen LogP contribution in [0.1, 0.15) is 25.3 Å². The smallest absolute Gasteiger partial charge is 0.0398 e. The Morgan fingerprint density at radius 2 is 2.07 bits per heavy atom. The molecule has 0 N–H and O–H groups in total. The molecule has 0 amide bonds. The van der Waals surface area contributed by atoms with Crippen LogP contribution < -0.4 is 17.3 Å². The zero-order valence-corrected chi connectivity index (χ0v) is 9.43. The molecule has 0 saturated heterocycles. The Balaban J connectivity index is 0.000000980. The van der Waals surface area contributed by atoms with Crippen molar-refractivity contribution in [1.29, 1.82) is 0 Å². The number of anilines is 1. The lowest BCUT2D eigenvalue weighted by Gasteiger charge is -2.30. The standard InChI is InChI=1S/C12H17N.ClH/c1-2-9-13-10-5-7-11-6-3-4-8-12(11)13;/h3-4,6,8H,2,5,7,9-10H2,1H3;1H/p-1. The van der Waals surface area contributed by atoms with Gasteiger partial charge in [-0.15, -0.1) is 0 Å². The SMILES string of the molecule is CCCN1CCCc2ccccc21.[Cl-]. The van der Waals surface area contributed by atoms with Gasteiger partial charge in [0.25, 0.3) is 0 Å². The summed E-state index contributed by atoms with van der Waals surface area (Å²) in [6.07, 6.45) is 3.82. The zero-order valence-electron chi connectivity index (χ0n) is 8.67. The van der Waals surface area contributed by atoms with Gasteiger partial charge in [-0.1, -0.05) is 25.1 Å². The molecule has 0 atom stereocenters. The van der Waals surface area contributed by atoms with E-state index in [9.17, 15) is 0 Å². The molecule has 1 nitrogen and oxygen atoms in total. The predicted molar refractivity (Wildman–Crippen MR) is 57.3 cm³/mol. The van der Waals surface area contributed by atoms with E-state index >= 15 is 0 Å². The molecule has 1 aromatic rings. The third-order valence-electron chi connectivity index (χ3n) is 2.70. The van der Waals surface area contributed by atoms with Gasteiger partial charge in [0.2, 0.25) is 0 Å². The molecule has 0 spiro atoms. The lowest BCUT2D eigenvalue weighted by Crippen LogP contribution is -3.00. The molecular formula is C12H17ClN-. The first kappa shape index (κ1) is 11.4. The molecule has 0 bridgehead atoms. The zero-order chi connectivity index (χ0) is 9.10. The number of benzene rings is 1. The van der Waals surface area contributed by atoms with Gasteiger partial charge in [-0.3, -0.25) is 0 Å². The molecule has 14 heavy (non-hydrogen) atoms. The number of hydrogen-bond donors (Lipinski definition) is 0. The molecule has 1 aliphatic rings. The number of halogens is 1. The van der Waals surface area contributed by atoms with Gasteiger partial charge in [0.05, 0.1) is 0 Å². The van der Waals surface area contributed by atoms with Crippen molar-refractivity contribution < 1.29 is 12.4 Å². The summed E-state index contributed by atoms with van der Waals surface area (Å²) in [7, 11) is 0. The Kier molecular flexibility index (Phi) is 4.27. The summed E-state index contributed by atoms with van der Waals surface area (Å²) in [5.41, 5.74) is 3.00. The van der Waals surface area contributed by atoms with E-state index in [2.05, 4.69) is 36.1 Å². The lowest BCUT2D eigenvalue weighted by molar-refractivity contribution is -0.00000269. The van der Waals surface area contributed by atoms with E-state index in [-0.39, 0.29) is 12.4 Å². The number of hydrogen-bond acceptors (Lipinski definition) is 1. The summed E-state index contributed by atoms with van der Waals surface area (Å²) < 4.78 is 0. The summed E-state index contributed by atoms with van der Waals surface area (Å²) >= 11 is 0. The van der Waals surface area contributed by atoms with E-state index in [1.54, 1.807) is 0 Å². The highest BCUT2D eigenvalue weighted by Gasteiger charge is 2.14. The first-order chi connectivity index (χ1) is 6.42. The Morgan fingerprint density at radius 1 is 1.29 bits per heavy atom. The highest BCUT2D eigenvalue weighted by Crippen LogP contribution is 2.26. The second kappa shape index (κ2) is 5.26. The molecule has 78 valence electrons. The van der Waals surface area contributed by atoms with Crippen LogP contribution in [0.4, 0.5) is 5.69 Å². The number of fused-ring (bicyclic) bond motifs is 1. The summed E-state index contributed by atoms with van der Waals surface area (Å²) in [6.45, 7) is 4.69. The molecule has 1 heterocycles. The largest absolute Gasteiger partial charge is 1.00 e. The van der Waals surface area contributed by atoms with Gasteiger partial charge in [0, 0.05) is 18.8 Å². The fourth-order valence-corrected chi connectivity index (χ4v) is 2.11. The molecule has 1 aromatic carbocycles. The van der Waals surface area contributed by atoms with Crippen LogP contribution in [0.25, 0.3) is 0 Å². The summed E-state index contributed by atoms with van der Waals surface area (Å²) in [6, 6.07) is 8.81. The minimum atomic E-state index is 0. The predicted octanol–water partition coefficient (Wildman–Crippen LogP) is -0.147. The fourth-order valence-electron chi connectivity index (χ4n) is 2.11. The summed E-state index contributed by atoms with van der Waals surface area (Å²) in [4.78, 5) is 2.51. The minimum absolute atomic E-state index is 0. The van der Waals surface area contributed by atoms with Crippen LogP contribution in [-0.2, 0) is 6.42 Å². The molecule has 0 unspecified atom stereocenters. The van der Waals surface area contributed by atoms with Crippen LogP contribution in [0.3, 0.4) is 0 Å². The molecular weight excluding hydrogens is 194 g/mol. The van der Waals surface area contributed by atoms with Crippen molar-refractivity contribution in [1.82, 2.24) is 0 Å². The highest BCUT2D eigenvalue weighted by atomic mass is 35.5. The monoisotopic (exact) mass is 210 g/mol. The summed E-state index contributed by atoms with van der Waals surface area (Å²) in [5, 5.41) is 0. The topological polar surface area (TPSA) is 3.24 Å². The van der Waals surface area contributed by atoms with Crippen LogP contribution in [0, 0.1) is 0 Å².